The number of nitrogens with one attached hydrogen (secondary N) is 1. The van der Waals surface area contributed by atoms with Crippen molar-refractivity contribution in [3.63, 3.8) is 0 Å². The number of carbonyl (C=O) groups excluding carboxylic acids is 1. The summed E-state index contributed by atoms with van der Waals surface area (Å²) < 4.78 is 0. The lowest BCUT2D eigenvalue weighted by Gasteiger charge is -2.05. The van der Waals surface area contributed by atoms with Gasteiger partial charge in [-0.1, -0.05) is 39.7 Å². The van der Waals surface area contributed by atoms with Gasteiger partial charge >= 0.3 is 0 Å². The maximum atomic E-state index is 12.3. The number of pyridine rings is 1. The quantitative estimate of drug-likeness (QED) is 0.810. The Hall–Kier alpha value is -1.86. The van der Waals surface area contributed by atoms with Gasteiger partial charge in [0.1, 0.15) is 18.1 Å². The Kier molecular flexibility index (Phi) is 3.58. The number of amides is 1. The van der Waals surface area contributed by atoms with Crippen LogP contribution in [0.15, 0.2) is 18.2 Å². The van der Waals surface area contributed by atoms with Crippen molar-refractivity contribution in [2.75, 3.05) is 11.9 Å². The fourth-order valence-electron chi connectivity index (χ4n) is 2.75. The lowest BCUT2D eigenvalue weighted by Crippen LogP contribution is -2.18. The van der Waals surface area contributed by atoms with E-state index in [2.05, 4.69) is 49.8 Å². The lowest BCUT2D eigenvalue weighted by atomic mass is 10.0. The summed E-state index contributed by atoms with van der Waals surface area (Å²) in [6.07, 6.45) is 0. The third-order valence-corrected chi connectivity index (χ3v) is 4.58. The molecule has 20 heavy (non-hydrogen) atoms. The Balaban J connectivity index is 2.10. The molecule has 2 N–H and O–H groups in total. The average molecular weight is 272 g/mol. The lowest BCUT2D eigenvalue weighted by molar-refractivity contribution is -0.118. The summed E-state index contributed by atoms with van der Waals surface area (Å²) in [5.74, 6) is 5.75. The van der Waals surface area contributed by atoms with Gasteiger partial charge in [-0.2, -0.15) is 0 Å². The number of nitrogens with zero attached hydrogens (tertiary/aromatic N) is 1. The maximum Gasteiger partial charge on any atom is 0.229 e. The molecule has 1 saturated carbocycles. The number of anilines is 1. The van der Waals surface area contributed by atoms with Crippen molar-refractivity contribution >= 4 is 11.7 Å². The average Bonchev–Trinajstić information content (AvgIpc) is 2.77. The molecule has 1 aromatic heterocycles. The van der Waals surface area contributed by atoms with Crippen LogP contribution in [-0.2, 0) is 4.79 Å². The molecule has 1 heterocycles. The van der Waals surface area contributed by atoms with Gasteiger partial charge in [0.25, 0.3) is 0 Å². The molecule has 4 heteroatoms. The van der Waals surface area contributed by atoms with Crippen molar-refractivity contribution in [3.8, 4) is 11.8 Å². The number of hydrogen-bond acceptors (Lipinski definition) is 3. The van der Waals surface area contributed by atoms with Crippen LogP contribution in [0.3, 0.4) is 0 Å². The second kappa shape index (κ2) is 4.92. The topological polar surface area (TPSA) is 62.2 Å². The summed E-state index contributed by atoms with van der Waals surface area (Å²) in [4.78, 5) is 16.5. The van der Waals surface area contributed by atoms with Crippen LogP contribution in [0.4, 0.5) is 5.82 Å². The van der Waals surface area contributed by atoms with Gasteiger partial charge in [0.05, 0.1) is 0 Å². The van der Waals surface area contributed by atoms with E-state index >= 15 is 0 Å². The Bertz CT molecular complexity index is 580. The van der Waals surface area contributed by atoms with E-state index in [1.165, 1.54) is 0 Å². The van der Waals surface area contributed by atoms with Crippen LogP contribution in [0.1, 0.15) is 33.4 Å². The zero-order valence-electron chi connectivity index (χ0n) is 12.3. The molecule has 1 aromatic rings. The van der Waals surface area contributed by atoms with E-state index in [0.29, 0.717) is 11.5 Å². The first-order valence-corrected chi connectivity index (χ1v) is 6.68. The molecule has 1 aliphatic rings. The number of aliphatic hydroxyl groups is 1. The predicted octanol–water partition coefficient (Wildman–Crippen LogP) is 2.05. The summed E-state index contributed by atoms with van der Waals surface area (Å²) >= 11 is 0. The predicted molar refractivity (Wildman–Crippen MR) is 77.9 cm³/mol. The van der Waals surface area contributed by atoms with Gasteiger partial charge < -0.3 is 10.4 Å². The molecule has 1 aliphatic carbocycles. The van der Waals surface area contributed by atoms with Gasteiger partial charge in [0.2, 0.25) is 5.91 Å². The fraction of sp³-hybridized carbons (Fsp3) is 0.500. The summed E-state index contributed by atoms with van der Waals surface area (Å²) in [5, 5.41) is 11.5. The molecule has 0 saturated heterocycles. The largest absolute Gasteiger partial charge is 0.384 e. The fourth-order valence-corrected chi connectivity index (χ4v) is 2.75. The van der Waals surface area contributed by atoms with Crippen LogP contribution >= 0.6 is 0 Å². The highest BCUT2D eigenvalue weighted by Gasteiger charge is 2.68. The number of aliphatic hydroxyl groups excluding tert-OH is 1. The molecule has 1 fully saturated rings. The van der Waals surface area contributed by atoms with Crippen molar-refractivity contribution in [2.24, 2.45) is 16.7 Å². The number of rotatable bonds is 2. The van der Waals surface area contributed by atoms with E-state index in [0.717, 1.165) is 0 Å². The maximum absolute atomic E-state index is 12.3. The minimum absolute atomic E-state index is 0.000215. The molecule has 0 atom stereocenters. The molecular weight excluding hydrogens is 252 g/mol. The van der Waals surface area contributed by atoms with Gasteiger partial charge in [-0.15, -0.1) is 0 Å². The van der Waals surface area contributed by atoms with E-state index in [4.69, 9.17) is 5.11 Å². The number of aromatic nitrogens is 1. The Morgan fingerprint density at radius 2 is 2.00 bits per heavy atom. The molecule has 2 rings (SSSR count). The summed E-state index contributed by atoms with van der Waals surface area (Å²) in [7, 11) is 0. The minimum Gasteiger partial charge on any atom is -0.384 e. The first-order chi connectivity index (χ1) is 9.30. The zero-order valence-corrected chi connectivity index (χ0v) is 12.3. The van der Waals surface area contributed by atoms with Gasteiger partial charge in [-0.05, 0) is 28.9 Å². The molecule has 1 amide bonds. The molecule has 0 unspecified atom stereocenters. The summed E-state index contributed by atoms with van der Waals surface area (Å²) in [6.45, 7) is 8.21. The molecule has 0 spiro atoms. The van der Waals surface area contributed by atoms with Crippen LogP contribution in [0.25, 0.3) is 0 Å². The van der Waals surface area contributed by atoms with E-state index in [1.54, 1.807) is 18.2 Å². The van der Waals surface area contributed by atoms with Crippen molar-refractivity contribution in [3.05, 3.63) is 23.9 Å². The van der Waals surface area contributed by atoms with Gasteiger partial charge in [-0.3, -0.25) is 4.79 Å². The molecule has 0 aromatic carbocycles. The monoisotopic (exact) mass is 272 g/mol. The van der Waals surface area contributed by atoms with Crippen molar-refractivity contribution in [2.45, 2.75) is 27.7 Å². The highest BCUT2D eigenvalue weighted by molar-refractivity contribution is 5.95. The van der Waals surface area contributed by atoms with Crippen molar-refractivity contribution in [1.82, 2.24) is 4.98 Å². The van der Waals surface area contributed by atoms with E-state index in [9.17, 15) is 4.79 Å². The van der Waals surface area contributed by atoms with Crippen LogP contribution < -0.4 is 5.32 Å². The van der Waals surface area contributed by atoms with Gasteiger partial charge in [0.15, 0.2) is 0 Å². The first-order valence-electron chi connectivity index (χ1n) is 6.68. The standard InChI is InChI=1S/C16H20N2O2/c1-15(2)13(16(15,3)4)14(20)18-12-9-5-7-11(17-12)8-6-10-19/h5,7,9,13,19H,10H2,1-4H3,(H,17,18,20). The van der Waals surface area contributed by atoms with E-state index in [-0.39, 0.29) is 29.3 Å². The van der Waals surface area contributed by atoms with Crippen molar-refractivity contribution < 1.29 is 9.90 Å². The number of hydrogen-bond donors (Lipinski definition) is 2. The second-order valence-electron chi connectivity index (χ2n) is 6.23. The molecule has 4 nitrogen and oxygen atoms in total. The molecule has 0 radical (unpaired) electrons. The third-order valence-electron chi connectivity index (χ3n) is 4.58. The SMILES string of the molecule is CC1(C)C(C(=O)Nc2cccc(C#CCO)n2)C1(C)C. The van der Waals surface area contributed by atoms with Crippen LogP contribution in [0.2, 0.25) is 0 Å². The highest BCUT2D eigenvalue weighted by atomic mass is 16.2. The molecule has 106 valence electrons. The highest BCUT2D eigenvalue weighted by Crippen LogP contribution is 2.68. The molecule has 0 aliphatic heterocycles. The Morgan fingerprint density at radius 1 is 1.35 bits per heavy atom. The molecular formula is C16H20N2O2. The first kappa shape index (κ1) is 14.5. The minimum atomic E-state index is -0.206. The summed E-state index contributed by atoms with van der Waals surface area (Å²) in [6, 6.07) is 5.26. The number of carbonyl (C=O) groups is 1. The van der Waals surface area contributed by atoms with Crippen molar-refractivity contribution in [1.29, 1.82) is 0 Å². The smallest absolute Gasteiger partial charge is 0.229 e. The molecule has 0 bridgehead atoms. The zero-order chi connectivity index (χ0) is 15.0. The van der Waals surface area contributed by atoms with Gasteiger partial charge in [-0.25, -0.2) is 4.98 Å². The van der Waals surface area contributed by atoms with E-state index in [1.807, 2.05) is 0 Å². The van der Waals surface area contributed by atoms with Crippen LogP contribution in [0, 0.1) is 28.6 Å². The van der Waals surface area contributed by atoms with Crippen LogP contribution in [0.5, 0.6) is 0 Å². The van der Waals surface area contributed by atoms with Crippen LogP contribution in [-0.4, -0.2) is 22.6 Å². The third kappa shape index (κ3) is 2.41. The Labute approximate surface area is 119 Å². The van der Waals surface area contributed by atoms with E-state index < -0.39 is 0 Å². The second-order valence-corrected chi connectivity index (χ2v) is 6.23. The Morgan fingerprint density at radius 3 is 2.55 bits per heavy atom. The van der Waals surface area contributed by atoms with Gasteiger partial charge in [0, 0.05) is 5.92 Å². The summed E-state index contributed by atoms with van der Waals surface area (Å²) in [5.41, 5.74) is 0.544. The normalized spacial score (nSPS) is 18.9.